The van der Waals surface area contributed by atoms with E-state index in [1.807, 2.05) is 24.3 Å². The van der Waals surface area contributed by atoms with Crippen LogP contribution in [0.4, 0.5) is 4.39 Å². The van der Waals surface area contributed by atoms with Gasteiger partial charge in [0.25, 0.3) is 0 Å². The standard InChI is InChI=1S/C16H17ClFNO2/c1-20-9-8-19-11-12-2-4-13(5-3-12)21-14-6-7-16(18)15(17)10-14/h2-7,10,19H,8-9,11H2,1H3. The molecule has 0 aliphatic rings. The van der Waals surface area contributed by atoms with Crippen LogP contribution in [0.5, 0.6) is 11.5 Å². The minimum Gasteiger partial charge on any atom is -0.457 e. The quantitative estimate of drug-likeness (QED) is 0.784. The van der Waals surface area contributed by atoms with Crippen LogP contribution in [0, 0.1) is 5.82 Å². The first kappa shape index (κ1) is 15.8. The smallest absolute Gasteiger partial charge is 0.142 e. The largest absolute Gasteiger partial charge is 0.457 e. The molecule has 2 aromatic rings. The van der Waals surface area contributed by atoms with Gasteiger partial charge in [-0.2, -0.15) is 0 Å². The van der Waals surface area contributed by atoms with E-state index in [1.54, 1.807) is 13.2 Å². The molecule has 0 radical (unpaired) electrons. The molecule has 2 rings (SSSR count). The topological polar surface area (TPSA) is 30.5 Å². The van der Waals surface area contributed by atoms with Crippen molar-refractivity contribution in [1.29, 1.82) is 0 Å². The van der Waals surface area contributed by atoms with Crippen LogP contribution < -0.4 is 10.1 Å². The maximum Gasteiger partial charge on any atom is 0.142 e. The highest BCUT2D eigenvalue weighted by Gasteiger charge is 2.03. The molecule has 0 unspecified atom stereocenters. The van der Waals surface area contributed by atoms with Gasteiger partial charge >= 0.3 is 0 Å². The molecule has 0 aliphatic heterocycles. The van der Waals surface area contributed by atoms with Gasteiger partial charge in [0.1, 0.15) is 17.3 Å². The minimum absolute atomic E-state index is 0.0477. The molecule has 0 fully saturated rings. The average Bonchev–Trinajstić information content (AvgIpc) is 2.49. The second-order valence-corrected chi connectivity index (χ2v) is 4.90. The van der Waals surface area contributed by atoms with Gasteiger partial charge in [0.15, 0.2) is 0 Å². The van der Waals surface area contributed by atoms with Crippen molar-refractivity contribution in [1.82, 2.24) is 5.32 Å². The Morgan fingerprint density at radius 1 is 1.10 bits per heavy atom. The molecule has 0 bridgehead atoms. The molecule has 0 aliphatic carbocycles. The van der Waals surface area contributed by atoms with Crippen LogP contribution in [0.3, 0.4) is 0 Å². The van der Waals surface area contributed by atoms with E-state index in [0.29, 0.717) is 18.1 Å². The first-order valence-corrected chi connectivity index (χ1v) is 6.98. The lowest BCUT2D eigenvalue weighted by Gasteiger charge is -2.08. The number of rotatable bonds is 7. The van der Waals surface area contributed by atoms with Crippen molar-refractivity contribution in [2.24, 2.45) is 0 Å². The molecule has 0 heterocycles. The molecular weight excluding hydrogens is 293 g/mol. The fraction of sp³-hybridized carbons (Fsp3) is 0.250. The van der Waals surface area contributed by atoms with Crippen molar-refractivity contribution >= 4 is 11.6 Å². The summed E-state index contributed by atoms with van der Waals surface area (Å²) in [7, 11) is 1.68. The maximum absolute atomic E-state index is 13.1. The van der Waals surface area contributed by atoms with Gasteiger partial charge in [0.05, 0.1) is 11.6 Å². The number of ether oxygens (including phenoxy) is 2. The highest BCUT2D eigenvalue weighted by Crippen LogP contribution is 2.26. The first-order valence-electron chi connectivity index (χ1n) is 6.60. The fourth-order valence-electron chi connectivity index (χ4n) is 1.76. The predicted octanol–water partition coefficient (Wildman–Crippen LogP) is 4.01. The van der Waals surface area contributed by atoms with E-state index in [-0.39, 0.29) is 5.02 Å². The fourth-order valence-corrected chi connectivity index (χ4v) is 1.93. The SMILES string of the molecule is COCCNCc1ccc(Oc2ccc(F)c(Cl)c2)cc1. The Bertz CT molecular complexity index is 575. The highest BCUT2D eigenvalue weighted by molar-refractivity contribution is 6.30. The second kappa shape index (κ2) is 7.98. The van der Waals surface area contributed by atoms with Crippen LogP contribution >= 0.6 is 11.6 Å². The molecule has 5 heteroatoms. The van der Waals surface area contributed by atoms with E-state index >= 15 is 0 Å². The molecule has 112 valence electrons. The molecule has 0 atom stereocenters. The Labute approximate surface area is 128 Å². The zero-order valence-electron chi connectivity index (χ0n) is 11.7. The van der Waals surface area contributed by atoms with Crippen LogP contribution in [0.1, 0.15) is 5.56 Å². The van der Waals surface area contributed by atoms with E-state index in [2.05, 4.69) is 5.32 Å². The third kappa shape index (κ3) is 5.01. The Balaban J connectivity index is 1.91. The third-order valence-corrected chi connectivity index (χ3v) is 3.15. The van der Waals surface area contributed by atoms with Crippen molar-refractivity contribution in [3.8, 4) is 11.5 Å². The highest BCUT2D eigenvalue weighted by atomic mass is 35.5. The monoisotopic (exact) mass is 309 g/mol. The van der Waals surface area contributed by atoms with Crippen LogP contribution in [0.2, 0.25) is 5.02 Å². The summed E-state index contributed by atoms with van der Waals surface area (Å²) < 4.78 is 23.6. The van der Waals surface area contributed by atoms with Gasteiger partial charge in [0.2, 0.25) is 0 Å². The van der Waals surface area contributed by atoms with Gasteiger partial charge in [0, 0.05) is 26.3 Å². The summed E-state index contributed by atoms with van der Waals surface area (Å²) in [5, 5.41) is 3.31. The van der Waals surface area contributed by atoms with Crippen molar-refractivity contribution in [2.45, 2.75) is 6.54 Å². The van der Waals surface area contributed by atoms with Crippen LogP contribution in [0.25, 0.3) is 0 Å². The molecule has 3 nitrogen and oxygen atoms in total. The summed E-state index contributed by atoms with van der Waals surface area (Å²) in [5.74, 6) is 0.729. The van der Waals surface area contributed by atoms with Gasteiger partial charge in [-0.15, -0.1) is 0 Å². The normalized spacial score (nSPS) is 10.6. The number of hydrogen-bond acceptors (Lipinski definition) is 3. The zero-order valence-corrected chi connectivity index (χ0v) is 12.5. The lowest BCUT2D eigenvalue weighted by Crippen LogP contribution is -2.18. The maximum atomic E-state index is 13.1. The van der Waals surface area contributed by atoms with E-state index in [9.17, 15) is 4.39 Å². The third-order valence-electron chi connectivity index (χ3n) is 2.86. The van der Waals surface area contributed by atoms with Crippen LogP contribution in [-0.2, 0) is 11.3 Å². The number of benzene rings is 2. The zero-order chi connectivity index (χ0) is 15.1. The summed E-state index contributed by atoms with van der Waals surface area (Å²) >= 11 is 5.71. The predicted molar refractivity (Wildman–Crippen MR) is 81.5 cm³/mol. The molecule has 0 saturated carbocycles. The van der Waals surface area contributed by atoms with Gasteiger partial charge in [-0.25, -0.2) is 4.39 Å². The van der Waals surface area contributed by atoms with Crippen LogP contribution in [-0.4, -0.2) is 20.3 Å². The van der Waals surface area contributed by atoms with E-state index in [4.69, 9.17) is 21.1 Å². The van der Waals surface area contributed by atoms with Crippen LogP contribution in [0.15, 0.2) is 42.5 Å². The van der Waals surface area contributed by atoms with Gasteiger partial charge in [-0.1, -0.05) is 23.7 Å². The lowest BCUT2D eigenvalue weighted by molar-refractivity contribution is 0.199. The van der Waals surface area contributed by atoms with Crippen molar-refractivity contribution in [2.75, 3.05) is 20.3 Å². The van der Waals surface area contributed by atoms with Gasteiger partial charge in [-0.3, -0.25) is 0 Å². The molecule has 1 N–H and O–H groups in total. The Hall–Kier alpha value is -1.62. The summed E-state index contributed by atoms with van der Waals surface area (Å²) in [5.41, 5.74) is 1.15. The molecule has 21 heavy (non-hydrogen) atoms. The lowest BCUT2D eigenvalue weighted by atomic mass is 10.2. The van der Waals surface area contributed by atoms with Crippen molar-refractivity contribution in [3.05, 3.63) is 58.9 Å². The van der Waals surface area contributed by atoms with E-state index in [1.165, 1.54) is 12.1 Å². The molecule has 0 saturated heterocycles. The Kier molecular flexibility index (Phi) is 5.99. The molecule has 0 spiro atoms. The van der Waals surface area contributed by atoms with E-state index in [0.717, 1.165) is 18.7 Å². The second-order valence-electron chi connectivity index (χ2n) is 4.49. The number of halogens is 2. The van der Waals surface area contributed by atoms with Crippen molar-refractivity contribution in [3.63, 3.8) is 0 Å². The van der Waals surface area contributed by atoms with Gasteiger partial charge < -0.3 is 14.8 Å². The first-order chi connectivity index (χ1) is 10.2. The number of methoxy groups -OCH3 is 1. The summed E-state index contributed by atoms with van der Waals surface area (Å²) in [4.78, 5) is 0. The molecular formula is C16H17ClFNO2. The van der Waals surface area contributed by atoms with E-state index < -0.39 is 5.82 Å². The summed E-state index contributed by atoms with van der Waals surface area (Å²) in [6.45, 7) is 2.27. The molecule has 0 amide bonds. The average molecular weight is 310 g/mol. The Morgan fingerprint density at radius 2 is 1.81 bits per heavy atom. The number of nitrogens with one attached hydrogen (secondary N) is 1. The Morgan fingerprint density at radius 3 is 2.48 bits per heavy atom. The number of hydrogen-bond donors (Lipinski definition) is 1. The minimum atomic E-state index is -0.457. The summed E-state index contributed by atoms with van der Waals surface area (Å²) in [6, 6.07) is 12.0. The molecule has 2 aromatic carbocycles. The van der Waals surface area contributed by atoms with Gasteiger partial charge in [-0.05, 0) is 29.8 Å². The van der Waals surface area contributed by atoms with Crippen molar-refractivity contribution < 1.29 is 13.9 Å². The summed E-state index contributed by atoms with van der Waals surface area (Å²) in [6.07, 6.45) is 0. The molecule has 0 aromatic heterocycles.